The number of nitrogens with two attached hydrogens (primary N) is 1. The normalized spacial score (nSPS) is 13.0. The van der Waals surface area contributed by atoms with E-state index in [9.17, 15) is 0 Å². The summed E-state index contributed by atoms with van der Waals surface area (Å²) in [5.41, 5.74) is 10.8. The highest BCUT2D eigenvalue weighted by atomic mass is 15.3. The molecule has 0 saturated carbocycles. The number of benzene rings is 1. The van der Waals surface area contributed by atoms with Crippen molar-refractivity contribution in [2.75, 3.05) is 6.54 Å². The first kappa shape index (κ1) is 12.9. The van der Waals surface area contributed by atoms with Crippen LogP contribution in [0.2, 0.25) is 0 Å². The molecule has 3 rings (SSSR count). The van der Waals surface area contributed by atoms with E-state index in [0.717, 1.165) is 5.69 Å². The van der Waals surface area contributed by atoms with E-state index in [4.69, 9.17) is 5.73 Å². The van der Waals surface area contributed by atoms with Crippen LogP contribution in [-0.4, -0.2) is 20.9 Å². The SMILES string of the molecule is Cc1cc(C(CN)c2cn(C)c3ccccc23)n(C)n1. The van der Waals surface area contributed by atoms with Gasteiger partial charge in [0.05, 0.1) is 5.69 Å². The number of hydrogen-bond donors (Lipinski definition) is 1. The minimum Gasteiger partial charge on any atom is -0.350 e. The highest BCUT2D eigenvalue weighted by Crippen LogP contribution is 2.31. The van der Waals surface area contributed by atoms with Crippen molar-refractivity contribution in [2.24, 2.45) is 19.8 Å². The molecule has 1 aromatic carbocycles. The number of nitrogens with zero attached hydrogens (tertiary/aromatic N) is 3. The Kier molecular flexibility index (Phi) is 3.10. The lowest BCUT2D eigenvalue weighted by molar-refractivity contribution is 0.661. The van der Waals surface area contributed by atoms with Crippen LogP contribution in [0.15, 0.2) is 36.5 Å². The number of para-hydroxylation sites is 1. The van der Waals surface area contributed by atoms with Crippen LogP contribution in [0.4, 0.5) is 0 Å². The van der Waals surface area contributed by atoms with Crippen molar-refractivity contribution in [2.45, 2.75) is 12.8 Å². The average Bonchev–Trinajstić information content (AvgIpc) is 2.93. The van der Waals surface area contributed by atoms with E-state index in [1.54, 1.807) is 0 Å². The van der Waals surface area contributed by atoms with Crippen LogP contribution in [0.1, 0.15) is 22.9 Å². The van der Waals surface area contributed by atoms with Gasteiger partial charge in [-0.15, -0.1) is 0 Å². The summed E-state index contributed by atoms with van der Waals surface area (Å²) >= 11 is 0. The average molecular weight is 268 g/mol. The van der Waals surface area contributed by atoms with Crippen LogP contribution in [-0.2, 0) is 14.1 Å². The second-order valence-corrected chi connectivity index (χ2v) is 5.33. The van der Waals surface area contributed by atoms with Crippen molar-refractivity contribution in [3.8, 4) is 0 Å². The van der Waals surface area contributed by atoms with Crippen molar-refractivity contribution in [3.63, 3.8) is 0 Å². The van der Waals surface area contributed by atoms with E-state index in [0.29, 0.717) is 6.54 Å². The lowest BCUT2D eigenvalue weighted by Gasteiger charge is -2.14. The van der Waals surface area contributed by atoms with Crippen molar-refractivity contribution in [1.29, 1.82) is 0 Å². The molecule has 4 nitrogen and oxygen atoms in total. The maximum Gasteiger partial charge on any atom is 0.0596 e. The van der Waals surface area contributed by atoms with E-state index in [1.807, 2.05) is 18.7 Å². The Bertz CT molecular complexity index is 751. The molecule has 104 valence electrons. The molecule has 20 heavy (non-hydrogen) atoms. The van der Waals surface area contributed by atoms with Crippen LogP contribution in [0.3, 0.4) is 0 Å². The smallest absolute Gasteiger partial charge is 0.0596 e. The van der Waals surface area contributed by atoms with Crippen LogP contribution < -0.4 is 5.73 Å². The minimum atomic E-state index is 0.173. The molecule has 0 radical (unpaired) electrons. The van der Waals surface area contributed by atoms with Gasteiger partial charge in [-0.2, -0.15) is 5.10 Å². The third-order valence-corrected chi connectivity index (χ3v) is 3.93. The number of aryl methyl sites for hydroxylation is 3. The highest BCUT2D eigenvalue weighted by Gasteiger charge is 2.20. The summed E-state index contributed by atoms with van der Waals surface area (Å²) in [4.78, 5) is 0. The fraction of sp³-hybridized carbons (Fsp3) is 0.312. The summed E-state index contributed by atoms with van der Waals surface area (Å²) < 4.78 is 4.10. The predicted octanol–water partition coefficient (Wildman–Crippen LogP) is 2.31. The Morgan fingerprint density at radius 1 is 1.25 bits per heavy atom. The molecule has 0 bridgehead atoms. The van der Waals surface area contributed by atoms with Gasteiger partial charge in [-0.3, -0.25) is 4.68 Å². The highest BCUT2D eigenvalue weighted by molar-refractivity contribution is 5.84. The molecule has 0 saturated heterocycles. The van der Waals surface area contributed by atoms with E-state index < -0.39 is 0 Å². The summed E-state index contributed by atoms with van der Waals surface area (Å²) in [7, 11) is 4.06. The van der Waals surface area contributed by atoms with Gasteiger partial charge in [-0.05, 0) is 24.6 Å². The topological polar surface area (TPSA) is 48.8 Å². The Morgan fingerprint density at radius 3 is 2.65 bits per heavy atom. The third kappa shape index (κ3) is 1.93. The Balaban J connectivity index is 2.19. The molecular weight excluding hydrogens is 248 g/mol. The Hall–Kier alpha value is -2.07. The summed E-state index contributed by atoms with van der Waals surface area (Å²) in [5, 5.41) is 5.71. The van der Waals surface area contributed by atoms with Crippen molar-refractivity contribution in [1.82, 2.24) is 14.3 Å². The van der Waals surface area contributed by atoms with Gasteiger partial charge in [-0.1, -0.05) is 18.2 Å². The van der Waals surface area contributed by atoms with Gasteiger partial charge < -0.3 is 10.3 Å². The first-order valence-corrected chi connectivity index (χ1v) is 6.86. The second kappa shape index (κ2) is 4.80. The maximum atomic E-state index is 6.06. The van der Waals surface area contributed by atoms with Gasteiger partial charge in [0.15, 0.2) is 0 Å². The monoisotopic (exact) mass is 268 g/mol. The first-order valence-electron chi connectivity index (χ1n) is 6.86. The van der Waals surface area contributed by atoms with E-state index in [2.05, 4.69) is 53.2 Å². The minimum absolute atomic E-state index is 0.173. The molecule has 2 aromatic heterocycles. The fourth-order valence-electron chi connectivity index (χ4n) is 3.01. The molecule has 4 heteroatoms. The van der Waals surface area contributed by atoms with Crippen molar-refractivity contribution in [3.05, 3.63) is 53.5 Å². The fourth-order valence-corrected chi connectivity index (χ4v) is 3.01. The van der Waals surface area contributed by atoms with E-state index in [1.165, 1.54) is 22.2 Å². The van der Waals surface area contributed by atoms with Crippen LogP contribution >= 0.6 is 0 Å². The molecule has 1 atom stereocenters. The van der Waals surface area contributed by atoms with E-state index in [-0.39, 0.29) is 5.92 Å². The Morgan fingerprint density at radius 2 is 2.00 bits per heavy atom. The first-order chi connectivity index (χ1) is 9.61. The van der Waals surface area contributed by atoms with Crippen LogP contribution in [0.5, 0.6) is 0 Å². The molecule has 0 fully saturated rings. The molecule has 2 heterocycles. The number of aromatic nitrogens is 3. The molecule has 3 aromatic rings. The summed E-state index contributed by atoms with van der Waals surface area (Å²) in [5.74, 6) is 0.173. The second-order valence-electron chi connectivity index (χ2n) is 5.33. The van der Waals surface area contributed by atoms with E-state index >= 15 is 0 Å². The number of rotatable bonds is 3. The van der Waals surface area contributed by atoms with Gasteiger partial charge in [0.2, 0.25) is 0 Å². The molecule has 0 aliphatic carbocycles. The van der Waals surface area contributed by atoms with Gasteiger partial charge >= 0.3 is 0 Å². The Labute approximate surface area is 118 Å². The standard InChI is InChI=1S/C16H20N4/c1-11-8-16(20(3)18-11)13(9-17)14-10-19(2)15-7-5-4-6-12(14)15/h4-8,10,13H,9,17H2,1-3H3. The zero-order valence-corrected chi connectivity index (χ0v) is 12.2. The van der Waals surface area contributed by atoms with Crippen LogP contribution in [0.25, 0.3) is 10.9 Å². The molecular formula is C16H20N4. The molecule has 0 amide bonds. The summed E-state index contributed by atoms with van der Waals surface area (Å²) in [6.45, 7) is 2.59. The predicted molar refractivity (Wildman–Crippen MR) is 81.8 cm³/mol. The van der Waals surface area contributed by atoms with Gasteiger partial charge in [0.25, 0.3) is 0 Å². The molecule has 2 N–H and O–H groups in total. The summed E-state index contributed by atoms with van der Waals surface area (Å²) in [6, 6.07) is 10.6. The van der Waals surface area contributed by atoms with Gasteiger partial charge in [0, 0.05) is 49.4 Å². The van der Waals surface area contributed by atoms with Crippen molar-refractivity contribution >= 4 is 10.9 Å². The van der Waals surface area contributed by atoms with Gasteiger partial charge in [-0.25, -0.2) is 0 Å². The summed E-state index contributed by atoms with van der Waals surface area (Å²) in [6.07, 6.45) is 2.19. The lowest BCUT2D eigenvalue weighted by Crippen LogP contribution is -2.16. The maximum absolute atomic E-state index is 6.06. The van der Waals surface area contributed by atoms with Gasteiger partial charge in [0.1, 0.15) is 0 Å². The van der Waals surface area contributed by atoms with Crippen LogP contribution in [0, 0.1) is 6.92 Å². The quantitative estimate of drug-likeness (QED) is 0.792. The zero-order valence-electron chi connectivity index (χ0n) is 12.2. The largest absolute Gasteiger partial charge is 0.350 e. The molecule has 1 unspecified atom stereocenters. The molecule has 0 spiro atoms. The molecule has 0 aliphatic rings. The zero-order chi connectivity index (χ0) is 14.3. The number of hydrogen-bond acceptors (Lipinski definition) is 2. The third-order valence-electron chi connectivity index (χ3n) is 3.93. The lowest BCUT2D eigenvalue weighted by atomic mass is 9.95. The number of fused-ring (bicyclic) bond motifs is 1. The molecule has 0 aliphatic heterocycles. The van der Waals surface area contributed by atoms with Crippen molar-refractivity contribution < 1.29 is 0 Å².